The number of likely N-dealkylation sites (tertiary alicyclic amines) is 1. The number of carboxylic acids is 1. The molecule has 2 amide bonds. The Bertz CT molecular complexity index is 414. The van der Waals surface area contributed by atoms with Gasteiger partial charge in [-0.15, -0.1) is 0 Å². The zero-order valence-electron chi connectivity index (χ0n) is 13.3. The number of piperidine rings is 1. The highest BCUT2D eigenvalue weighted by atomic mass is 16.4. The molecule has 1 rings (SSSR count). The second kappa shape index (κ2) is 6.91. The topological polar surface area (TPSA) is 86.7 Å². The van der Waals surface area contributed by atoms with Crippen LogP contribution >= 0.6 is 0 Å². The molecule has 0 aliphatic carbocycles. The van der Waals surface area contributed by atoms with Gasteiger partial charge in [-0.25, -0.2) is 4.79 Å². The lowest BCUT2D eigenvalue weighted by Crippen LogP contribution is -2.50. The van der Waals surface area contributed by atoms with Crippen molar-refractivity contribution in [3.63, 3.8) is 0 Å². The highest BCUT2D eigenvalue weighted by Crippen LogP contribution is 2.23. The van der Waals surface area contributed by atoms with Gasteiger partial charge in [-0.1, -0.05) is 27.7 Å². The van der Waals surface area contributed by atoms with E-state index in [0.717, 1.165) is 6.42 Å². The molecule has 1 aliphatic rings. The van der Waals surface area contributed by atoms with Crippen LogP contribution in [0.15, 0.2) is 0 Å². The van der Waals surface area contributed by atoms with E-state index in [2.05, 4.69) is 5.32 Å². The maximum atomic E-state index is 12.2. The maximum Gasteiger partial charge on any atom is 0.326 e. The SMILES string of the molecule is CC1CCN(C(=O)CCNC(=O)C(C)(C)C)C(C(=O)O)C1. The Morgan fingerprint density at radius 2 is 1.90 bits per heavy atom. The molecule has 120 valence electrons. The van der Waals surface area contributed by atoms with Crippen LogP contribution in [0.2, 0.25) is 0 Å². The second-order valence-corrected chi connectivity index (χ2v) is 6.83. The fraction of sp³-hybridized carbons (Fsp3) is 0.800. The molecule has 1 aliphatic heterocycles. The fourth-order valence-electron chi connectivity index (χ4n) is 2.37. The molecule has 1 fully saturated rings. The van der Waals surface area contributed by atoms with E-state index < -0.39 is 17.4 Å². The van der Waals surface area contributed by atoms with Crippen molar-refractivity contribution in [3.8, 4) is 0 Å². The van der Waals surface area contributed by atoms with Gasteiger partial charge in [0.05, 0.1) is 0 Å². The number of carbonyl (C=O) groups is 3. The monoisotopic (exact) mass is 298 g/mol. The first-order valence-corrected chi connectivity index (χ1v) is 7.43. The molecule has 0 aromatic heterocycles. The Balaban J connectivity index is 2.50. The summed E-state index contributed by atoms with van der Waals surface area (Å²) in [7, 11) is 0. The molecule has 6 heteroatoms. The molecule has 0 bridgehead atoms. The lowest BCUT2D eigenvalue weighted by Gasteiger charge is -2.36. The summed E-state index contributed by atoms with van der Waals surface area (Å²) < 4.78 is 0. The third-order valence-electron chi connectivity index (χ3n) is 3.78. The molecular formula is C15H26N2O4. The maximum absolute atomic E-state index is 12.2. The quantitative estimate of drug-likeness (QED) is 0.818. The summed E-state index contributed by atoms with van der Waals surface area (Å²) in [5, 5.41) is 11.9. The van der Waals surface area contributed by atoms with Gasteiger partial charge in [0.25, 0.3) is 0 Å². The number of rotatable bonds is 4. The lowest BCUT2D eigenvalue weighted by molar-refractivity contribution is -0.153. The third-order valence-corrected chi connectivity index (χ3v) is 3.78. The van der Waals surface area contributed by atoms with E-state index in [1.54, 1.807) is 20.8 Å². The molecule has 1 heterocycles. The number of carbonyl (C=O) groups excluding carboxylic acids is 2. The average molecular weight is 298 g/mol. The van der Waals surface area contributed by atoms with Gasteiger partial charge in [0.15, 0.2) is 0 Å². The van der Waals surface area contributed by atoms with E-state index in [4.69, 9.17) is 0 Å². The van der Waals surface area contributed by atoms with Gasteiger partial charge >= 0.3 is 5.97 Å². The fourth-order valence-corrected chi connectivity index (χ4v) is 2.37. The number of hydrogen-bond donors (Lipinski definition) is 2. The van der Waals surface area contributed by atoms with Crippen molar-refractivity contribution in [2.24, 2.45) is 11.3 Å². The van der Waals surface area contributed by atoms with Crippen LogP contribution in [0.25, 0.3) is 0 Å². The van der Waals surface area contributed by atoms with Crippen molar-refractivity contribution in [2.45, 2.75) is 53.0 Å². The van der Waals surface area contributed by atoms with E-state index in [1.165, 1.54) is 4.90 Å². The molecule has 2 N–H and O–H groups in total. The van der Waals surface area contributed by atoms with Crippen molar-refractivity contribution in [1.29, 1.82) is 0 Å². The van der Waals surface area contributed by atoms with Crippen LogP contribution in [-0.4, -0.2) is 46.9 Å². The Kier molecular flexibility index (Phi) is 5.75. The Morgan fingerprint density at radius 1 is 1.29 bits per heavy atom. The van der Waals surface area contributed by atoms with Crippen molar-refractivity contribution < 1.29 is 19.5 Å². The summed E-state index contributed by atoms with van der Waals surface area (Å²) in [6.07, 6.45) is 1.46. The minimum Gasteiger partial charge on any atom is -0.480 e. The molecule has 0 radical (unpaired) electrons. The van der Waals surface area contributed by atoms with E-state index in [0.29, 0.717) is 18.9 Å². The molecule has 21 heavy (non-hydrogen) atoms. The van der Waals surface area contributed by atoms with Gasteiger partial charge in [-0.05, 0) is 18.8 Å². The second-order valence-electron chi connectivity index (χ2n) is 6.83. The van der Waals surface area contributed by atoms with E-state index >= 15 is 0 Å². The van der Waals surface area contributed by atoms with Gasteiger partial charge in [-0.3, -0.25) is 9.59 Å². The van der Waals surface area contributed by atoms with Crippen LogP contribution < -0.4 is 5.32 Å². The Labute approximate surface area is 125 Å². The van der Waals surface area contributed by atoms with Crippen molar-refractivity contribution in [3.05, 3.63) is 0 Å². The minimum absolute atomic E-state index is 0.114. The predicted molar refractivity (Wildman–Crippen MR) is 78.6 cm³/mol. The smallest absolute Gasteiger partial charge is 0.326 e. The van der Waals surface area contributed by atoms with Crippen LogP contribution in [0.5, 0.6) is 0 Å². The Hall–Kier alpha value is -1.59. The van der Waals surface area contributed by atoms with Gasteiger partial charge in [0.1, 0.15) is 6.04 Å². The van der Waals surface area contributed by atoms with Crippen LogP contribution in [0, 0.1) is 11.3 Å². The van der Waals surface area contributed by atoms with E-state index in [9.17, 15) is 19.5 Å². The Morgan fingerprint density at radius 3 is 2.43 bits per heavy atom. The normalized spacial score (nSPS) is 22.8. The van der Waals surface area contributed by atoms with Crippen LogP contribution in [-0.2, 0) is 14.4 Å². The molecule has 0 spiro atoms. The summed E-state index contributed by atoms with van der Waals surface area (Å²) in [5.74, 6) is -0.953. The number of carboxylic acid groups (broad SMARTS) is 1. The number of amides is 2. The first kappa shape index (κ1) is 17.5. The van der Waals surface area contributed by atoms with Gasteiger partial charge in [0.2, 0.25) is 11.8 Å². The third kappa shape index (κ3) is 5.02. The van der Waals surface area contributed by atoms with Gasteiger partial charge < -0.3 is 15.3 Å². The first-order valence-electron chi connectivity index (χ1n) is 7.43. The van der Waals surface area contributed by atoms with Crippen molar-refractivity contribution >= 4 is 17.8 Å². The van der Waals surface area contributed by atoms with Crippen LogP contribution in [0.3, 0.4) is 0 Å². The molecule has 2 unspecified atom stereocenters. The standard InChI is InChI=1S/C15H26N2O4/c1-10-6-8-17(11(9-10)13(19)20)12(18)5-7-16-14(21)15(2,3)4/h10-11H,5-9H2,1-4H3,(H,16,21)(H,19,20). The zero-order valence-corrected chi connectivity index (χ0v) is 13.3. The highest BCUT2D eigenvalue weighted by Gasteiger charge is 2.34. The van der Waals surface area contributed by atoms with Crippen LogP contribution in [0.1, 0.15) is 47.0 Å². The van der Waals surface area contributed by atoms with Gasteiger partial charge in [-0.2, -0.15) is 0 Å². The molecule has 1 saturated heterocycles. The highest BCUT2D eigenvalue weighted by molar-refractivity contribution is 5.85. The summed E-state index contributed by atoms with van der Waals surface area (Å²) in [6, 6.07) is -0.737. The van der Waals surface area contributed by atoms with Crippen molar-refractivity contribution in [1.82, 2.24) is 10.2 Å². The zero-order chi connectivity index (χ0) is 16.2. The lowest BCUT2D eigenvalue weighted by atomic mass is 9.92. The molecule has 2 atom stereocenters. The number of nitrogens with zero attached hydrogens (tertiary/aromatic N) is 1. The predicted octanol–water partition coefficient (Wildman–Crippen LogP) is 1.25. The van der Waals surface area contributed by atoms with Gasteiger partial charge in [0, 0.05) is 24.9 Å². The summed E-state index contributed by atoms with van der Waals surface area (Å²) in [4.78, 5) is 36.6. The summed E-state index contributed by atoms with van der Waals surface area (Å²) in [6.45, 7) is 8.13. The minimum atomic E-state index is -0.950. The summed E-state index contributed by atoms with van der Waals surface area (Å²) in [5.41, 5.74) is -0.493. The largest absolute Gasteiger partial charge is 0.480 e. The molecule has 0 aromatic carbocycles. The molecular weight excluding hydrogens is 272 g/mol. The molecule has 0 aromatic rings. The number of nitrogens with one attached hydrogen (secondary N) is 1. The first-order chi connectivity index (χ1) is 9.62. The molecule has 0 saturated carbocycles. The van der Waals surface area contributed by atoms with Crippen LogP contribution in [0.4, 0.5) is 0 Å². The van der Waals surface area contributed by atoms with Crippen molar-refractivity contribution in [2.75, 3.05) is 13.1 Å². The molecule has 6 nitrogen and oxygen atoms in total. The average Bonchev–Trinajstić information content (AvgIpc) is 2.36. The van der Waals surface area contributed by atoms with E-state index in [-0.39, 0.29) is 24.8 Å². The van der Waals surface area contributed by atoms with E-state index in [1.807, 2.05) is 6.92 Å². The number of aliphatic carboxylic acids is 1. The number of hydrogen-bond acceptors (Lipinski definition) is 3. The summed E-state index contributed by atoms with van der Waals surface area (Å²) >= 11 is 0.